The van der Waals surface area contributed by atoms with Gasteiger partial charge in [-0.2, -0.15) is 5.10 Å². The molecule has 1 aliphatic rings. The van der Waals surface area contributed by atoms with Crippen LogP contribution in [0.5, 0.6) is 5.75 Å². The second-order valence-corrected chi connectivity index (χ2v) is 6.33. The second kappa shape index (κ2) is 9.03. The molecule has 0 bridgehead atoms. The maximum absolute atomic E-state index is 11.6. The number of nitrogens with one attached hydrogen (secondary N) is 1. The van der Waals surface area contributed by atoms with Crippen LogP contribution in [0.4, 0.5) is 0 Å². The first-order chi connectivity index (χ1) is 12.0. The number of carboxylic acid groups (broad SMARTS) is 1. The van der Waals surface area contributed by atoms with Crippen LogP contribution in [0, 0.1) is 0 Å². The Morgan fingerprint density at radius 2 is 2.32 bits per heavy atom. The third kappa shape index (κ3) is 5.46. The lowest BCUT2D eigenvalue weighted by atomic mass is 10.1. The molecule has 7 nitrogen and oxygen atoms in total. The summed E-state index contributed by atoms with van der Waals surface area (Å²) in [6.45, 7) is 6.25. The topological polar surface area (TPSA) is 100 Å². The molecule has 0 aromatic heterocycles. The minimum absolute atomic E-state index is 0.247. The minimum atomic E-state index is -1.03. The zero-order chi connectivity index (χ0) is 18.2. The number of carboxylic acids is 1. The van der Waals surface area contributed by atoms with Crippen LogP contribution in [-0.4, -0.2) is 40.2 Å². The van der Waals surface area contributed by atoms with E-state index in [1.54, 1.807) is 12.3 Å². The predicted octanol–water partition coefficient (Wildman–Crippen LogP) is 2.21. The fourth-order valence-electron chi connectivity index (χ4n) is 2.18. The number of benzene rings is 1. The summed E-state index contributed by atoms with van der Waals surface area (Å²) in [6, 6.07) is 5.66. The van der Waals surface area contributed by atoms with Gasteiger partial charge in [-0.25, -0.2) is 0 Å². The van der Waals surface area contributed by atoms with Crippen molar-refractivity contribution >= 4 is 35.0 Å². The number of nitrogens with zero attached hydrogens (tertiary/aromatic N) is 2. The van der Waals surface area contributed by atoms with E-state index in [4.69, 9.17) is 9.84 Å². The van der Waals surface area contributed by atoms with Gasteiger partial charge in [0.2, 0.25) is 5.91 Å². The lowest BCUT2D eigenvalue weighted by Gasteiger charge is -2.09. The number of amidine groups is 1. The Kier molecular flexibility index (Phi) is 6.76. The fourth-order valence-corrected chi connectivity index (χ4v) is 3.10. The molecule has 132 valence electrons. The van der Waals surface area contributed by atoms with Gasteiger partial charge in [-0.15, -0.1) is 11.7 Å². The van der Waals surface area contributed by atoms with Crippen molar-refractivity contribution in [1.29, 1.82) is 0 Å². The molecule has 1 atom stereocenters. The van der Waals surface area contributed by atoms with E-state index in [9.17, 15) is 9.59 Å². The molecule has 1 aromatic carbocycles. The molecule has 1 saturated heterocycles. The highest BCUT2D eigenvalue weighted by atomic mass is 32.2. The van der Waals surface area contributed by atoms with Gasteiger partial charge in [0.25, 0.3) is 0 Å². The molecule has 0 aliphatic carbocycles. The van der Waals surface area contributed by atoms with E-state index in [-0.39, 0.29) is 12.3 Å². The standard InChI is InChI=1S/C17H19N3O4S/c1-3-5-12-8-11(6-7-13(12)24-4-2)10-18-20-17-19-16(23)14(25-17)9-15(21)22/h3,6-8,10,14H,1,4-5,9H2,2H3,(H,21,22)(H,19,20,23). The van der Waals surface area contributed by atoms with Crippen molar-refractivity contribution in [3.63, 3.8) is 0 Å². The zero-order valence-electron chi connectivity index (χ0n) is 13.8. The molecule has 0 radical (unpaired) electrons. The monoisotopic (exact) mass is 361 g/mol. The van der Waals surface area contributed by atoms with Crippen molar-refractivity contribution in [2.45, 2.75) is 25.0 Å². The van der Waals surface area contributed by atoms with Crippen molar-refractivity contribution < 1.29 is 19.4 Å². The first-order valence-electron chi connectivity index (χ1n) is 7.70. The first-order valence-corrected chi connectivity index (χ1v) is 8.58. The van der Waals surface area contributed by atoms with Gasteiger partial charge in [-0.05, 0) is 42.7 Å². The minimum Gasteiger partial charge on any atom is -0.494 e. The van der Waals surface area contributed by atoms with Crippen LogP contribution < -0.4 is 10.1 Å². The number of carbonyl (C=O) groups is 2. The quantitative estimate of drug-likeness (QED) is 0.420. The van der Waals surface area contributed by atoms with Crippen LogP contribution in [0.3, 0.4) is 0 Å². The van der Waals surface area contributed by atoms with Gasteiger partial charge < -0.3 is 15.2 Å². The average molecular weight is 361 g/mol. The van der Waals surface area contributed by atoms with Crippen molar-refractivity contribution in [1.82, 2.24) is 5.32 Å². The SMILES string of the molecule is C=CCc1cc(C=NN=C2NC(=O)C(CC(=O)O)S2)ccc1OCC. The predicted molar refractivity (Wildman–Crippen MR) is 98.3 cm³/mol. The number of rotatable bonds is 8. The number of aliphatic carboxylic acids is 1. The van der Waals surface area contributed by atoms with E-state index in [0.29, 0.717) is 18.2 Å². The number of carbonyl (C=O) groups excluding carboxylic acids is 1. The van der Waals surface area contributed by atoms with Crippen molar-refractivity contribution in [3.05, 3.63) is 42.0 Å². The normalized spacial score (nSPS) is 18.5. The Morgan fingerprint density at radius 3 is 3.00 bits per heavy atom. The van der Waals surface area contributed by atoms with E-state index in [1.807, 2.05) is 25.1 Å². The summed E-state index contributed by atoms with van der Waals surface area (Å²) >= 11 is 1.06. The number of thioether (sulfide) groups is 1. The van der Waals surface area contributed by atoms with Crippen LogP contribution in [0.1, 0.15) is 24.5 Å². The molecule has 2 rings (SSSR count). The molecule has 1 heterocycles. The molecule has 1 fully saturated rings. The van der Waals surface area contributed by atoms with Crippen LogP contribution in [0.15, 0.2) is 41.1 Å². The summed E-state index contributed by atoms with van der Waals surface area (Å²) in [5.74, 6) is -0.585. The highest BCUT2D eigenvalue weighted by molar-refractivity contribution is 8.15. The lowest BCUT2D eigenvalue weighted by Crippen LogP contribution is -2.26. The van der Waals surface area contributed by atoms with Gasteiger partial charge in [0.15, 0.2) is 5.17 Å². The van der Waals surface area contributed by atoms with Crippen LogP contribution in [0.25, 0.3) is 0 Å². The highest BCUT2D eigenvalue weighted by Gasteiger charge is 2.32. The van der Waals surface area contributed by atoms with E-state index >= 15 is 0 Å². The molecule has 0 saturated carbocycles. The summed E-state index contributed by atoms with van der Waals surface area (Å²) in [4.78, 5) is 22.3. The van der Waals surface area contributed by atoms with Gasteiger partial charge in [0, 0.05) is 0 Å². The number of hydrogen-bond acceptors (Lipinski definition) is 6. The van der Waals surface area contributed by atoms with Crippen molar-refractivity contribution in [3.8, 4) is 5.75 Å². The molecular formula is C17H19N3O4S. The maximum Gasteiger partial charge on any atom is 0.305 e. The van der Waals surface area contributed by atoms with Gasteiger partial charge >= 0.3 is 5.97 Å². The van der Waals surface area contributed by atoms with Gasteiger partial charge in [-0.1, -0.05) is 17.8 Å². The maximum atomic E-state index is 11.6. The Labute approximate surface area is 149 Å². The van der Waals surface area contributed by atoms with Crippen LogP contribution in [-0.2, 0) is 16.0 Å². The van der Waals surface area contributed by atoms with E-state index in [2.05, 4.69) is 22.1 Å². The molecule has 25 heavy (non-hydrogen) atoms. The number of allylic oxidation sites excluding steroid dienone is 1. The first kappa shape index (κ1) is 18.7. The number of amides is 1. The Balaban J connectivity index is 2.06. The molecule has 1 amide bonds. The summed E-state index contributed by atoms with van der Waals surface area (Å²) in [5.41, 5.74) is 1.83. The molecule has 1 unspecified atom stereocenters. The van der Waals surface area contributed by atoms with E-state index in [1.165, 1.54) is 0 Å². The zero-order valence-corrected chi connectivity index (χ0v) is 14.6. The summed E-state index contributed by atoms with van der Waals surface area (Å²) in [5, 5.41) is 18.8. The van der Waals surface area contributed by atoms with Gasteiger partial charge in [0.1, 0.15) is 11.0 Å². The third-order valence-electron chi connectivity index (χ3n) is 3.24. The summed E-state index contributed by atoms with van der Waals surface area (Å²) in [7, 11) is 0. The van der Waals surface area contributed by atoms with Gasteiger partial charge in [0.05, 0.1) is 19.2 Å². The fraction of sp³-hybridized carbons (Fsp3) is 0.294. The highest BCUT2D eigenvalue weighted by Crippen LogP contribution is 2.23. The molecular weight excluding hydrogens is 342 g/mol. The Bertz CT molecular complexity index is 731. The average Bonchev–Trinajstić information content (AvgIpc) is 2.89. The third-order valence-corrected chi connectivity index (χ3v) is 4.31. The summed E-state index contributed by atoms with van der Waals surface area (Å²) < 4.78 is 5.57. The smallest absolute Gasteiger partial charge is 0.305 e. The lowest BCUT2D eigenvalue weighted by molar-refractivity contribution is -0.138. The van der Waals surface area contributed by atoms with E-state index < -0.39 is 11.2 Å². The van der Waals surface area contributed by atoms with Crippen molar-refractivity contribution in [2.24, 2.45) is 10.2 Å². The second-order valence-electron chi connectivity index (χ2n) is 5.14. The van der Waals surface area contributed by atoms with Gasteiger partial charge in [-0.3, -0.25) is 9.59 Å². The molecule has 8 heteroatoms. The molecule has 2 N–H and O–H groups in total. The molecule has 1 aliphatic heterocycles. The molecule has 1 aromatic rings. The van der Waals surface area contributed by atoms with E-state index in [0.717, 1.165) is 28.6 Å². The Hall–Kier alpha value is -2.61. The largest absolute Gasteiger partial charge is 0.494 e. The molecule has 0 spiro atoms. The Morgan fingerprint density at radius 1 is 1.52 bits per heavy atom. The van der Waals surface area contributed by atoms with Crippen molar-refractivity contribution in [2.75, 3.05) is 6.61 Å². The van der Waals surface area contributed by atoms with Crippen LogP contribution in [0.2, 0.25) is 0 Å². The number of hydrogen-bond donors (Lipinski definition) is 2. The van der Waals surface area contributed by atoms with Crippen LogP contribution >= 0.6 is 11.8 Å². The number of ether oxygens (including phenoxy) is 1. The summed E-state index contributed by atoms with van der Waals surface area (Å²) in [6.07, 6.45) is 3.79.